The van der Waals surface area contributed by atoms with Crippen molar-refractivity contribution in [3.63, 3.8) is 0 Å². The molecule has 6 heteroatoms. The topological polar surface area (TPSA) is 42.1 Å². The van der Waals surface area contributed by atoms with Gasteiger partial charge < -0.3 is 10.6 Å². The summed E-state index contributed by atoms with van der Waals surface area (Å²) in [5, 5.41) is 0. The molecule has 1 aromatic rings. The van der Waals surface area contributed by atoms with Gasteiger partial charge in [-0.25, -0.2) is 4.98 Å². The maximum absolute atomic E-state index is 12.5. The van der Waals surface area contributed by atoms with E-state index in [2.05, 4.69) is 4.98 Å². The lowest BCUT2D eigenvalue weighted by Gasteiger charge is -2.25. The van der Waals surface area contributed by atoms with Gasteiger partial charge in [-0.1, -0.05) is 0 Å². The molecule has 100 valence electrons. The molecule has 1 aromatic heterocycles. The normalized spacial score (nSPS) is 17.6. The highest BCUT2D eigenvalue weighted by Gasteiger charge is 2.38. The Kier molecular flexibility index (Phi) is 3.47. The first kappa shape index (κ1) is 13.1. The van der Waals surface area contributed by atoms with E-state index < -0.39 is 12.7 Å². The minimum Gasteiger partial charge on any atom is -0.345 e. The van der Waals surface area contributed by atoms with Crippen molar-refractivity contribution in [3.05, 3.63) is 23.9 Å². The van der Waals surface area contributed by atoms with Crippen LogP contribution in [0.5, 0.6) is 0 Å². The zero-order chi connectivity index (χ0) is 13.3. The standard InChI is InChI=1S/C12H16F3N3/c1-8(16)9-4-5-17-11(6-9)18(10-2-3-10)7-12(13,14)15/h4-6,8,10H,2-3,7,16H2,1H3/t8-/m1/s1. The molecule has 0 spiro atoms. The van der Waals surface area contributed by atoms with Crippen LogP contribution in [0.25, 0.3) is 0 Å². The van der Waals surface area contributed by atoms with E-state index >= 15 is 0 Å². The molecule has 18 heavy (non-hydrogen) atoms. The Balaban J connectivity index is 2.22. The first-order valence-corrected chi connectivity index (χ1v) is 5.92. The fraction of sp³-hybridized carbons (Fsp3) is 0.583. The van der Waals surface area contributed by atoms with Crippen molar-refractivity contribution in [2.24, 2.45) is 5.73 Å². The number of pyridine rings is 1. The second-order valence-electron chi connectivity index (χ2n) is 4.71. The summed E-state index contributed by atoms with van der Waals surface area (Å²) in [5.41, 5.74) is 6.53. The third-order valence-corrected chi connectivity index (χ3v) is 2.93. The number of hydrogen-bond acceptors (Lipinski definition) is 3. The van der Waals surface area contributed by atoms with Crippen molar-refractivity contribution in [1.82, 2.24) is 4.98 Å². The van der Waals surface area contributed by atoms with Crippen LogP contribution in [0.2, 0.25) is 0 Å². The molecule has 0 bridgehead atoms. The van der Waals surface area contributed by atoms with Crippen molar-refractivity contribution >= 4 is 5.82 Å². The zero-order valence-corrected chi connectivity index (χ0v) is 10.1. The molecule has 0 saturated heterocycles. The van der Waals surface area contributed by atoms with Gasteiger partial charge in [0.05, 0.1) is 0 Å². The van der Waals surface area contributed by atoms with E-state index in [0.717, 1.165) is 18.4 Å². The van der Waals surface area contributed by atoms with Crippen molar-refractivity contribution in [2.75, 3.05) is 11.4 Å². The Labute approximate surface area is 104 Å². The Morgan fingerprint density at radius 3 is 2.67 bits per heavy atom. The molecule has 3 nitrogen and oxygen atoms in total. The van der Waals surface area contributed by atoms with Gasteiger partial charge in [0.15, 0.2) is 0 Å². The monoisotopic (exact) mass is 259 g/mol. The van der Waals surface area contributed by atoms with E-state index in [1.54, 1.807) is 19.1 Å². The molecule has 0 radical (unpaired) electrons. The van der Waals surface area contributed by atoms with Crippen molar-refractivity contribution in [3.8, 4) is 0 Å². The highest BCUT2D eigenvalue weighted by molar-refractivity contribution is 5.44. The number of nitrogens with two attached hydrogens (primary N) is 1. The van der Waals surface area contributed by atoms with Crippen molar-refractivity contribution in [1.29, 1.82) is 0 Å². The number of hydrogen-bond donors (Lipinski definition) is 1. The number of rotatable bonds is 4. The third-order valence-electron chi connectivity index (χ3n) is 2.93. The fourth-order valence-electron chi connectivity index (χ4n) is 1.85. The summed E-state index contributed by atoms with van der Waals surface area (Å²) in [6.45, 7) is 0.845. The Morgan fingerprint density at radius 2 is 2.17 bits per heavy atom. The lowest BCUT2D eigenvalue weighted by molar-refractivity contribution is -0.120. The SMILES string of the molecule is C[C@@H](N)c1ccnc(N(CC(F)(F)F)C2CC2)c1. The van der Waals surface area contributed by atoms with Gasteiger partial charge in [0.25, 0.3) is 0 Å². The van der Waals surface area contributed by atoms with Gasteiger partial charge in [-0.05, 0) is 37.5 Å². The summed E-state index contributed by atoms with van der Waals surface area (Å²) in [4.78, 5) is 5.36. The number of alkyl halides is 3. The first-order chi connectivity index (χ1) is 8.37. The average Bonchev–Trinajstić information content (AvgIpc) is 3.08. The van der Waals surface area contributed by atoms with Crippen LogP contribution in [0.15, 0.2) is 18.3 Å². The lowest BCUT2D eigenvalue weighted by Crippen LogP contribution is -2.36. The Morgan fingerprint density at radius 1 is 1.50 bits per heavy atom. The van der Waals surface area contributed by atoms with Crippen LogP contribution in [0, 0.1) is 0 Å². The number of aromatic nitrogens is 1. The predicted octanol–water partition coefficient (Wildman–Crippen LogP) is 2.63. The van der Waals surface area contributed by atoms with E-state index in [0.29, 0.717) is 5.82 Å². The molecule has 1 atom stereocenters. The van der Waals surface area contributed by atoms with Gasteiger partial charge in [-0.2, -0.15) is 13.2 Å². The van der Waals surface area contributed by atoms with E-state index in [4.69, 9.17) is 5.73 Å². The second-order valence-corrected chi connectivity index (χ2v) is 4.71. The van der Waals surface area contributed by atoms with Crippen LogP contribution >= 0.6 is 0 Å². The molecule has 1 aliphatic carbocycles. The van der Waals surface area contributed by atoms with E-state index in [9.17, 15) is 13.2 Å². The molecule has 0 aliphatic heterocycles. The third kappa shape index (κ3) is 3.35. The minimum absolute atomic E-state index is 0.0394. The van der Waals surface area contributed by atoms with Gasteiger partial charge in [-0.15, -0.1) is 0 Å². The highest BCUT2D eigenvalue weighted by atomic mass is 19.4. The Hall–Kier alpha value is -1.30. The predicted molar refractivity (Wildman–Crippen MR) is 63.3 cm³/mol. The molecule has 0 amide bonds. The van der Waals surface area contributed by atoms with Crippen LogP contribution < -0.4 is 10.6 Å². The van der Waals surface area contributed by atoms with Gasteiger partial charge in [0, 0.05) is 18.3 Å². The van der Waals surface area contributed by atoms with Crippen molar-refractivity contribution in [2.45, 2.75) is 38.0 Å². The number of halogens is 3. The molecule has 2 rings (SSSR count). The average molecular weight is 259 g/mol. The molecular weight excluding hydrogens is 243 g/mol. The van der Waals surface area contributed by atoms with E-state index in [1.807, 2.05) is 0 Å². The summed E-state index contributed by atoms with van der Waals surface area (Å²) in [6.07, 6.45) is -1.12. The first-order valence-electron chi connectivity index (χ1n) is 5.92. The summed E-state index contributed by atoms with van der Waals surface area (Å²) in [7, 11) is 0. The molecule has 2 N–H and O–H groups in total. The summed E-state index contributed by atoms with van der Waals surface area (Å²) in [6, 6.07) is 3.13. The van der Waals surface area contributed by atoms with Crippen molar-refractivity contribution < 1.29 is 13.2 Å². The molecular formula is C12H16F3N3. The Bertz CT molecular complexity index is 413. The van der Waals surface area contributed by atoms with Crippen LogP contribution in [-0.4, -0.2) is 23.7 Å². The van der Waals surface area contributed by atoms with Crippen LogP contribution in [0.4, 0.5) is 19.0 Å². The molecule has 0 unspecified atom stereocenters. The van der Waals surface area contributed by atoms with E-state index in [-0.39, 0.29) is 12.1 Å². The molecule has 0 aromatic carbocycles. The molecule has 1 fully saturated rings. The molecule has 1 saturated carbocycles. The zero-order valence-electron chi connectivity index (χ0n) is 10.1. The molecule has 1 aliphatic rings. The van der Waals surface area contributed by atoms with Crippen LogP contribution in [0.3, 0.4) is 0 Å². The molecule has 1 heterocycles. The maximum Gasteiger partial charge on any atom is 0.405 e. The quantitative estimate of drug-likeness (QED) is 0.903. The largest absolute Gasteiger partial charge is 0.405 e. The summed E-state index contributed by atoms with van der Waals surface area (Å²) in [5.74, 6) is 0.365. The van der Waals surface area contributed by atoms with Gasteiger partial charge in [-0.3, -0.25) is 0 Å². The van der Waals surface area contributed by atoms with Gasteiger partial charge in [0.1, 0.15) is 12.4 Å². The smallest absolute Gasteiger partial charge is 0.345 e. The summed E-state index contributed by atoms with van der Waals surface area (Å²) >= 11 is 0. The summed E-state index contributed by atoms with van der Waals surface area (Å²) < 4.78 is 37.6. The van der Waals surface area contributed by atoms with Gasteiger partial charge in [0.2, 0.25) is 0 Å². The minimum atomic E-state index is -4.21. The van der Waals surface area contributed by atoms with Crippen LogP contribution in [-0.2, 0) is 0 Å². The second kappa shape index (κ2) is 4.76. The highest BCUT2D eigenvalue weighted by Crippen LogP contribution is 2.33. The maximum atomic E-state index is 12.5. The van der Waals surface area contributed by atoms with Crippen LogP contribution in [0.1, 0.15) is 31.4 Å². The number of anilines is 1. The lowest BCUT2D eigenvalue weighted by atomic mass is 10.1. The van der Waals surface area contributed by atoms with E-state index in [1.165, 1.54) is 11.1 Å². The fourth-order valence-corrected chi connectivity index (χ4v) is 1.85. The van der Waals surface area contributed by atoms with Gasteiger partial charge >= 0.3 is 6.18 Å². The number of nitrogens with zero attached hydrogens (tertiary/aromatic N) is 2.